The summed E-state index contributed by atoms with van der Waals surface area (Å²) in [4.78, 5) is 23.6. The molecule has 4 nitrogen and oxygen atoms in total. The first kappa shape index (κ1) is 13.6. The van der Waals surface area contributed by atoms with Crippen molar-refractivity contribution in [2.24, 2.45) is 0 Å². The van der Waals surface area contributed by atoms with E-state index in [0.717, 1.165) is 18.4 Å². The summed E-state index contributed by atoms with van der Waals surface area (Å²) in [5.74, 6) is -1.47. The number of aliphatic carboxylic acids is 1. The lowest BCUT2D eigenvalue weighted by Gasteiger charge is -2.27. The quantitative estimate of drug-likeness (QED) is 0.874. The molecule has 0 radical (unpaired) electrons. The van der Waals surface area contributed by atoms with Crippen LogP contribution in [0.4, 0.5) is 0 Å². The fraction of sp³-hybridized carbons (Fsp3) is 0.467. The third-order valence-corrected chi connectivity index (χ3v) is 3.92. The van der Waals surface area contributed by atoms with Crippen LogP contribution in [0.1, 0.15) is 44.1 Å². The van der Waals surface area contributed by atoms with Crippen molar-refractivity contribution < 1.29 is 14.7 Å². The average Bonchev–Trinajstić information content (AvgIpc) is 2.88. The molecule has 1 aromatic carbocycles. The van der Waals surface area contributed by atoms with Gasteiger partial charge >= 0.3 is 5.97 Å². The summed E-state index contributed by atoms with van der Waals surface area (Å²) >= 11 is 0. The van der Waals surface area contributed by atoms with E-state index in [1.807, 2.05) is 30.3 Å². The Morgan fingerprint density at radius 1 is 1.21 bits per heavy atom. The Labute approximate surface area is 112 Å². The predicted octanol–water partition coefficient (Wildman–Crippen LogP) is 2.30. The molecule has 102 valence electrons. The van der Waals surface area contributed by atoms with E-state index in [9.17, 15) is 14.7 Å². The molecular formula is C15H19NO3. The Kier molecular flexibility index (Phi) is 3.88. The second-order valence-electron chi connectivity index (χ2n) is 5.22. The highest BCUT2D eigenvalue weighted by atomic mass is 16.4. The van der Waals surface area contributed by atoms with E-state index in [4.69, 9.17) is 0 Å². The van der Waals surface area contributed by atoms with Gasteiger partial charge in [0.1, 0.15) is 5.54 Å². The van der Waals surface area contributed by atoms with E-state index < -0.39 is 11.5 Å². The van der Waals surface area contributed by atoms with Crippen LogP contribution in [0.3, 0.4) is 0 Å². The number of hydrogen-bond acceptors (Lipinski definition) is 2. The van der Waals surface area contributed by atoms with Crippen molar-refractivity contribution in [3.63, 3.8) is 0 Å². The second kappa shape index (κ2) is 5.43. The molecular weight excluding hydrogens is 242 g/mol. The second-order valence-corrected chi connectivity index (χ2v) is 5.22. The number of rotatable bonds is 4. The summed E-state index contributed by atoms with van der Waals surface area (Å²) in [6.07, 6.45) is 2.75. The molecule has 2 N–H and O–H groups in total. The number of carbonyl (C=O) groups is 2. The van der Waals surface area contributed by atoms with Gasteiger partial charge in [-0.1, -0.05) is 43.2 Å². The van der Waals surface area contributed by atoms with E-state index >= 15 is 0 Å². The maximum absolute atomic E-state index is 12.2. The topological polar surface area (TPSA) is 66.4 Å². The molecule has 19 heavy (non-hydrogen) atoms. The van der Waals surface area contributed by atoms with Gasteiger partial charge in [-0.05, 0) is 25.3 Å². The van der Waals surface area contributed by atoms with Crippen LogP contribution < -0.4 is 5.32 Å². The highest BCUT2D eigenvalue weighted by Gasteiger charge is 2.43. The van der Waals surface area contributed by atoms with Crippen LogP contribution in [0, 0.1) is 0 Å². The van der Waals surface area contributed by atoms with Crippen molar-refractivity contribution in [3.8, 4) is 0 Å². The van der Waals surface area contributed by atoms with E-state index in [-0.39, 0.29) is 11.8 Å². The lowest BCUT2D eigenvalue weighted by Crippen LogP contribution is -2.53. The van der Waals surface area contributed by atoms with Gasteiger partial charge in [-0.25, -0.2) is 4.79 Å². The van der Waals surface area contributed by atoms with Crippen LogP contribution in [0.15, 0.2) is 30.3 Å². The molecule has 0 aliphatic heterocycles. The molecule has 1 fully saturated rings. The number of carbonyl (C=O) groups excluding carboxylic acids is 1. The standard InChI is InChI=1S/C15H19NO3/c1-11(12-7-3-2-4-8-12)13(17)16-15(14(18)19)9-5-6-10-15/h2-4,7-8,11H,5-6,9-10H2,1H3,(H,16,17)(H,18,19). The smallest absolute Gasteiger partial charge is 0.329 e. The van der Waals surface area contributed by atoms with Gasteiger partial charge in [0, 0.05) is 0 Å². The van der Waals surface area contributed by atoms with Crippen LogP contribution in [-0.2, 0) is 9.59 Å². The van der Waals surface area contributed by atoms with Crippen molar-refractivity contribution in [1.82, 2.24) is 5.32 Å². The number of nitrogens with one attached hydrogen (secondary N) is 1. The SMILES string of the molecule is CC(C(=O)NC1(C(=O)O)CCCC1)c1ccccc1. The Hall–Kier alpha value is -1.84. The molecule has 0 spiro atoms. The Bertz CT molecular complexity index is 464. The van der Waals surface area contributed by atoms with Crippen LogP contribution in [0.5, 0.6) is 0 Å². The molecule has 0 aromatic heterocycles. The van der Waals surface area contributed by atoms with Gasteiger partial charge in [-0.15, -0.1) is 0 Å². The number of benzene rings is 1. The minimum atomic E-state index is -1.06. The average molecular weight is 261 g/mol. The fourth-order valence-electron chi connectivity index (χ4n) is 2.61. The molecule has 0 heterocycles. The highest BCUT2D eigenvalue weighted by Crippen LogP contribution is 2.30. The first-order valence-electron chi connectivity index (χ1n) is 6.65. The molecule has 2 rings (SSSR count). The van der Waals surface area contributed by atoms with Crippen LogP contribution >= 0.6 is 0 Å². The number of carboxylic acid groups (broad SMARTS) is 1. The summed E-state index contributed by atoms with van der Waals surface area (Å²) in [5, 5.41) is 12.1. The Morgan fingerprint density at radius 2 is 1.79 bits per heavy atom. The zero-order valence-electron chi connectivity index (χ0n) is 11.1. The van der Waals surface area contributed by atoms with Crippen molar-refractivity contribution in [3.05, 3.63) is 35.9 Å². The molecule has 1 aromatic rings. The van der Waals surface area contributed by atoms with Crippen LogP contribution in [0.2, 0.25) is 0 Å². The van der Waals surface area contributed by atoms with Gasteiger partial charge in [0.25, 0.3) is 0 Å². The van der Waals surface area contributed by atoms with E-state index in [2.05, 4.69) is 5.32 Å². The molecule has 1 atom stereocenters. The van der Waals surface area contributed by atoms with Gasteiger partial charge in [0.15, 0.2) is 0 Å². The molecule has 4 heteroatoms. The molecule has 1 aliphatic rings. The fourth-order valence-corrected chi connectivity index (χ4v) is 2.61. The third-order valence-electron chi connectivity index (χ3n) is 3.92. The van der Waals surface area contributed by atoms with Gasteiger partial charge in [-0.3, -0.25) is 4.79 Å². The van der Waals surface area contributed by atoms with Crippen LogP contribution in [0.25, 0.3) is 0 Å². The van der Waals surface area contributed by atoms with E-state index in [1.54, 1.807) is 6.92 Å². The summed E-state index contributed by atoms with van der Waals surface area (Å²) in [6.45, 7) is 1.80. The summed E-state index contributed by atoms with van der Waals surface area (Å²) in [7, 11) is 0. The zero-order valence-corrected chi connectivity index (χ0v) is 11.1. The van der Waals surface area contributed by atoms with E-state index in [1.165, 1.54) is 0 Å². The summed E-state index contributed by atoms with van der Waals surface area (Å²) < 4.78 is 0. The minimum absolute atomic E-state index is 0.212. The summed E-state index contributed by atoms with van der Waals surface area (Å²) in [6, 6.07) is 9.41. The molecule has 1 aliphatic carbocycles. The molecule has 1 amide bonds. The number of carboxylic acids is 1. The normalized spacial score (nSPS) is 18.8. The maximum atomic E-state index is 12.2. The van der Waals surface area contributed by atoms with Gasteiger partial charge in [0.2, 0.25) is 5.91 Å². The first-order chi connectivity index (χ1) is 9.05. The monoisotopic (exact) mass is 261 g/mol. The molecule has 0 saturated heterocycles. The zero-order chi connectivity index (χ0) is 13.9. The van der Waals surface area contributed by atoms with Crippen molar-refractivity contribution in [2.75, 3.05) is 0 Å². The largest absolute Gasteiger partial charge is 0.480 e. The Balaban J connectivity index is 2.10. The maximum Gasteiger partial charge on any atom is 0.329 e. The Morgan fingerprint density at radius 3 is 2.32 bits per heavy atom. The van der Waals surface area contributed by atoms with Gasteiger partial charge < -0.3 is 10.4 Å². The molecule has 1 saturated carbocycles. The van der Waals surface area contributed by atoms with Crippen LogP contribution in [-0.4, -0.2) is 22.5 Å². The number of amides is 1. The summed E-state index contributed by atoms with van der Waals surface area (Å²) in [5.41, 5.74) is -0.154. The van der Waals surface area contributed by atoms with Crippen molar-refractivity contribution in [2.45, 2.75) is 44.1 Å². The predicted molar refractivity (Wildman–Crippen MR) is 71.8 cm³/mol. The van der Waals surface area contributed by atoms with Crippen molar-refractivity contribution >= 4 is 11.9 Å². The highest BCUT2D eigenvalue weighted by molar-refractivity contribution is 5.90. The van der Waals surface area contributed by atoms with Gasteiger partial charge in [0.05, 0.1) is 5.92 Å². The van der Waals surface area contributed by atoms with E-state index in [0.29, 0.717) is 12.8 Å². The molecule has 1 unspecified atom stereocenters. The third kappa shape index (κ3) is 2.78. The lowest BCUT2D eigenvalue weighted by molar-refractivity contribution is -0.147. The van der Waals surface area contributed by atoms with Crippen molar-refractivity contribution in [1.29, 1.82) is 0 Å². The lowest BCUT2D eigenvalue weighted by atomic mass is 9.94. The minimum Gasteiger partial charge on any atom is -0.480 e. The van der Waals surface area contributed by atoms with Gasteiger partial charge in [-0.2, -0.15) is 0 Å². The number of hydrogen-bond donors (Lipinski definition) is 2. The molecule has 0 bridgehead atoms. The first-order valence-corrected chi connectivity index (χ1v) is 6.65.